The first-order valence-corrected chi connectivity index (χ1v) is 6.24. The highest BCUT2D eigenvalue weighted by Gasteiger charge is 2.28. The zero-order valence-corrected chi connectivity index (χ0v) is 10.3. The highest BCUT2D eigenvalue weighted by molar-refractivity contribution is 5.57. The summed E-state index contributed by atoms with van der Waals surface area (Å²) < 4.78 is 5.36. The van der Waals surface area contributed by atoms with Crippen molar-refractivity contribution in [3.8, 4) is 11.4 Å². The third kappa shape index (κ3) is 2.01. The van der Waals surface area contributed by atoms with E-state index in [-0.39, 0.29) is 6.04 Å². The second-order valence-corrected chi connectivity index (χ2v) is 4.92. The molecule has 18 heavy (non-hydrogen) atoms. The minimum Gasteiger partial charge on any atom is -0.339 e. The number of hydrogen-bond acceptors (Lipinski definition) is 5. The molecule has 5 heteroatoms. The molecule has 2 aromatic rings. The van der Waals surface area contributed by atoms with Crippen molar-refractivity contribution in [2.45, 2.75) is 38.1 Å². The van der Waals surface area contributed by atoms with Gasteiger partial charge in [-0.1, -0.05) is 5.16 Å². The Bertz CT molecular complexity index is 551. The van der Waals surface area contributed by atoms with Crippen LogP contribution in [0.4, 0.5) is 0 Å². The number of aryl methyl sites for hydroxylation is 1. The lowest BCUT2D eigenvalue weighted by molar-refractivity contribution is 0.353. The van der Waals surface area contributed by atoms with E-state index in [9.17, 15) is 0 Å². The van der Waals surface area contributed by atoms with Gasteiger partial charge in [0.15, 0.2) is 0 Å². The van der Waals surface area contributed by atoms with Crippen molar-refractivity contribution in [3.63, 3.8) is 0 Å². The Morgan fingerprint density at radius 2 is 2.28 bits per heavy atom. The average Bonchev–Trinajstić information content (AvgIpc) is 2.98. The molecule has 1 fully saturated rings. The first-order valence-electron chi connectivity index (χ1n) is 6.24. The number of rotatable bonds is 2. The summed E-state index contributed by atoms with van der Waals surface area (Å²) in [5, 5.41) is 4.05. The lowest BCUT2D eigenvalue weighted by atomic mass is 10.1. The van der Waals surface area contributed by atoms with Gasteiger partial charge in [-0.2, -0.15) is 4.98 Å². The average molecular weight is 244 g/mol. The number of hydrogen-bond donors (Lipinski definition) is 1. The van der Waals surface area contributed by atoms with Crippen LogP contribution in [0, 0.1) is 6.92 Å². The lowest BCUT2D eigenvalue weighted by Gasteiger charge is -2.01. The largest absolute Gasteiger partial charge is 0.339 e. The van der Waals surface area contributed by atoms with Crippen molar-refractivity contribution >= 4 is 0 Å². The van der Waals surface area contributed by atoms with Crippen LogP contribution in [0.2, 0.25) is 0 Å². The van der Waals surface area contributed by atoms with Crippen LogP contribution in [-0.2, 0) is 0 Å². The minimum atomic E-state index is 0.269. The standard InChI is InChI=1S/C13H16N4O/c1-8-4-5-15-7-11(8)12-16-13(18-17-12)9-2-3-10(14)6-9/h4-5,7,9-10H,2-3,6,14H2,1H3. The van der Waals surface area contributed by atoms with Gasteiger partial charge in [-0.05, 0) is 37.8 Å². The molecule has 2 unspecified atom stereocenters. The second kappa shape index (κ2) is 4.49. The Kier molecular flexibility index (Phi) is 2.83. The zero-order chi connectivity index (χ0) is 12.5. The van der Waals surface area contributed by atoms with E-state index in [1.807, 2.05) is 13.0 Å². The summed E-state index contributed by atoms with van der Waals surface area (Å²) in [6.07, 6.45) is 6.54. The fourth-order valence-corrected chi connectivity index (χ4v) is 2.45. The van der Waals surface area contributed by atoms with Crippen LogP contribution in [0.25, 0.3) is 11.4 Å². The molecule has 0 aliphatic heterocycles. The van der Waals surface area contributed by atoms with Crippen LogP contribution in [0.1, 0.15) is 36.6 Å². The Hall–Kier alpha value is -1.75. The molecule has 1 aliphatic rings. The van der Waals surface area contributed by atoms with Gasteiger partial charge in [-0.15, -0.1) is 0 Å². The molecule has 2 heterocycles. The van der Waals surface area contributed by atoms with Gasteiger partial charge in [-0.25, -0.2) is 0 Å². The van der Waals surface area contributed by atoms with Gasteiger partial charge in [0, 0.05) is 29.9 Å². The molecule has 0 saturated heterocycles. The molecule has 0 radical (unpaired) electrons. The number of nitrogens with zero attached hydrogens (tertiary/aromatic N) is 3. The summed E-state index contributed by atoms with van der Waals surface area (Å²) >= 11 is 0. The first-order chi connectivity index (χ1) is 8.74. The van der Waals surface area contributed by atoms with Crippen molar-refractivity contribution in [2.24, 2.45) is 5.73 Å². The van der Waals surface area contributed by atoms with E-state index in [2.05, 4.69) is 15.1 Å². The van der Waals surface area contributed by atoms with Gasteiger partial charge in [-0.3, -0.25) is 4.98 Å². The number of pyridine rings is 1. The molecule has 94 valence electrons. The van der Waals surface area contributed by atoms with Crippen LogP contribution >= 0.6 is 0 Å². The van der Waals surface area contributed by atoms with Gasteiger partial charge < -0.3 is 10.3 Å². The number of aromatic nitrogens is 3. The minimum absolute atomic E-state index is 0.269. The maximum Gasteiger partial charge on any atom is 0.230 e. The summed E-state index contributed by atoms with van der Waals surface area (Å²) in [4.78, 5) is 8.58. The normalized spacial score (nSPS) is 23.4. The Morgan fingerprint density at radius 3 is 3.00 bits per heavy atom. The van der Waals surface area contributed by atoms with Gasteiger partial charge in [0.05, 0.1) is 0 Å². The SMILES string of the molecule is Cc1ccncc1-c1noc(C2CCC(N)C2)n1. The molecule has 5 nitrogen and oxygen atoms in total. The molecule has 1 aliphatic carbocycles. The van der Waals surface area contributed by atoms with E-state index in [1.165, 1.54) is 0 Å². The van der Waals surface area contributed by atoms with Crippen LogP contribution in [0.5, 0.6) is 0 Å². The Morgan fingerprint density at radius 1 is 1.39 bits per heavy atom. The smallest absolute Gasteiger partial charge is 0.230 e. The van der Waals surface area contributed by atoms with E-state index in [0.717, 1.165) is 30.4 Å². The molecule has 0 aromatic carbocycles. The number of nitrogens with two attached hydrogens (primary N) is 1. The van der Waals surface area contributed by atoms with Gasteiger partial charge in [0.25, 0.3) is 0 Å². The fraction of sp³-hybridized carbons (Fsp3) is 0.462. The van der Waals surface area contributed by atoms with E-state index < -0.39 is 0 Å². The van der Waals surface area contributed by atoms with E-state index in [4.69, 9.17) is 10.3 Å². The van der Waals surface area contributed by atoms with E-state index in [1.54, 1.807) is 12.4 Å². The molecule has 3 rings (SSSR count). The fourth-order valence-electron chi connectivity index (χ4n) is 2.45. The van der Waals surface area contributed by atoms with E-state index in [0.29, 0.717) is 17.6 Å². The Labute approximate surface area is 105 Å². The van der Waals surface area contributed by atoms with Crippen molar-refractivity contribution < 1.29 is 4.52 Å². The maximum atomic E-state index is 5.90. The van der Waals surface area contributed by atoms with Gasteiger partial charge in [0.1, 0.15) is 0 Å². The summed E-state index contributed by atoms with van der Waals surface area (Å²) in [5.41, 5.74) is 7.93. The Balaban J connectivity index is 1.88. The van der Waals surface area contributed by atoms with Crippen LogP contribution in [0.15, 0.2) is 23.0 Å². The lowest BCUT2D eigenvalue weighted by Crippen LogP contribution is -2.14. The molecule has 2 N–H and O–H groups in total. The van der Waals surface area contributed by atoms with Crippen molar-refractivity contribution in [3.05, 3.63) is 29.9 Å². The summed E-state index contributed by atoms with van der Waals surface area (Å²) in [5.74, 6) is 1.65. The van der Waals surface area contributed by atoms with Crippen molar-refractivity contribution in [2.75, 3.05) is 0 Å². The summed E-state index contributed by atoms with van der Waals surface area (Å²) in [6, 6.07) is 2.21. The summed E-state index contributed by atoms with van der Waals surface area (Å²) in [6.45, 7) is 2.01. The zero-order valence-electron chi connectivity index (χ0n) is 10.3. The molecule has 0 amide bonds. The molecule has 0 spiro atoms. The van der Waals surface area contributed by atoms with Gasteiger partial charge >= 0.3 is 0 Å². The van der Waals surface area contributed by atoms with Crippen LogP contribution in [0.3, 0.4) is 0 Å². The third-order valence-corrected chi connectivity index (χ3v) is 3.54. The maximum absolute atomic E-state index is 5.90. The highest BCUT2D eigenvalue weighted by atomic mass is 16.5. The van der Waals surface area contributed by atoms with Crippen molar-refractivity contribution in [1.82, 2.24) is 15.1 Å². The molecular weight excluding hydrogens is 228 g/mol. The quantitative estimate of drug-likeness (QED) is 0.874. The van der Waals surface area contributed by atoms with Crippen molar-refractivity contribution in [1.29, 1.82) is 0 Å². The van der Waals surface area contributed by atoms with E-state index >= 15 is 0 Å². The highest BCUT2D eigenvalue weighted by Crippen LogP contribution is 2.33. The molecule has 1 saturated carbocycles. The van der Waals surface area contributed by atoms with Crippen LogP contribution < -0.4 is 5.73 Å². The second-order valence-electron chi connectivity index (χ2n) is 4.92. The van der Waals surface area contributed by atoms with Crippen LogP contribution in [-0.4, -0.2) is 21.2 Å². The molecule has 2 aromatic heterocycles. The third-order valence-electron chi connectivity index (χ3n) is 3.54. The van der Waals surface area contributed by atoms with Gasteiger partial charge in [0.2, 0.25) is 11.7 Å². The molecule has 2 atom stereocenters. The molecule has 0 bridgehead atoms. The molecular formula is C13H16N4O. The summed E-state index contributed by atoms with van der Waals surface area (Å²) in [7, 11) is 0. The predicted octanol–water partition coefficient (Wildman–Crippen LogP) is 2.03. The predicted molar refractivity (Wildman–Crippen MR) is 66.8 cm³/mol. The first kappa shape index (κ1) is 11.3. The topological polar surface area (TPSA) is 77.8 Å². The monoisotopic (exact) mass is 244 g/mol.